The highest BCUT2D eigenvalue weighted by Gasteiger charge is 2.25. The smallest absolute Gasteiger partial charge is 0.270 e. The molecule has 4 nitrogen and oxygen atoms in total. The number of aromatic amines is 1. The van der Waals surface area contributed by atoms with E-state index in [1.165, 1.54) is 6.07 Å². The molecule has 1 aliphatic rings. The lowest BCUT2D eigenvalue weighted by Gasteiger charge is -2.14. The molecule has 19 heavy (non-hydrogen) atoms. The first-order chi connectivity index (χ1) is 9.04. The van der Waals surface area contributed by atoms with Crippen LogP contribution < -0.4 is 5.73 Å². The van der Waals surface area contributed by atoms with E-state index in [0.717, 1.165) is 18.6 Å². The number of nitrogens with two attached hydrogens (primary N) is 1. The van der Waals surface area contributed by atoms with E-state index in [2.05, 4.69) is 4.98 Å². The number of nitrogens with one attached hydrogen (secondary N) is 1. The standard InChI is InChI=1S/C13H13F2N3O/c14-9-3-7-4-12(17-11(7)5-10(9)15)13(19)18-2-1-8(16)6-18/h3-5,8,17H,1-2,6,16H2/t8-/m1/s1. The number of amides is 1. The molecule has 1 aliphatic heterocycles. The number of H-pyrrole nitrogens is 1. The van der Waals surface area contributed by atoms with Crippen molar-refractivity contribution in [2.45, 2.75) is 12.5 Å². The Kier molecular flexibility index (Phi) is 2.74. The van der Waals surface area contributed by atoms with Crippen LogP contribution in [0.2, 0.25) is 0 Å². The Morgan fingerprint density at radius 2 is 2.05 bits per heavy atom. The number of nitrogens with zero attached hydrogens (tertiary/aromatic N) is 1. The number of fused-ring (bicyclic) bond motifs is 1. The topological polar surface area (TPSA) is 62.1 Å². The zero-order valence-electron chi connectivity index (χ0n) is 10.1. The summed E-state index contributed by atoms with van der Waals surface area (Å²) in [6.45, 7) is 1.12. The van der Waals surface area contributed by atoms with Gasteiger partial charge in [0.1, 0.15) is 5.69 Å². The van der Waals surface area contributed by atoms with Crippen molar-refractivity contribution in [3.05, 3.63) is 35.5 Å². The van der Waals surface area contributed by atoms with Crippen molar-refractivity contribution in [3.63, 3.8) is 0 Å². The normalized spacial score (nSPS) is 19.3. The fourth-order valence-electron chi connectivity index (χ4n) is 2.38. The van der Waals surface area contributed by atoms with Gasteiger partial charge in [0.05, 0.1) is 0 Å². The van der Waals surface area contributed by atoms with Gasteiger partial charge in [-0.1, -0.05) is 0 Å². The lowest BCUT2D eigenvalue weighted by atomic mass is 10.2. The second-order valence-electron chi connectivity index (χ2n) is 4.84. The quantitative estimate of drug-likeness (QED) is 0.823. The number of carbonyl (C=O) groups excluding carboxylic acids is 1. The van der Waals surface area contributed by atoms with Gasteiger partial charge in [-0.25, -0.2) is 8.78 Å². The average Bonchev–Trinajstić information content (AvgIpc) is 2.95. The molecule has 100 valence electrons. The highest BCUT2D eigenvalue weighted by molar-refractivity contribution is 5.98. The van der Waals surface area contributed by atoms with Gasteiger partial charge in [0.25, 0.3) is 5.91 Å². The third kappa shape index (κ3) is 2.08. The van der Waals surface area contributed by atoms with Crippen LogP contribution in [0.3, 0.4) is 0 Å². The van der Waals surface area contributed by atoms with E-state index < -0.39 is 11.6 Å². The van der Waals surface area contributed by atoms with E-state index >= 15 is 0 Å². The summed E-state index contributed by atoms with van der Waals surface area (Å²) in [5.41, 5.74) is 6.49. The molecule has 0 radical (unpaired) electrons. The van der Waals surface area contributed by atoms with Gasteiger partial charge in [0.15, 0.2) is 11.6 Å². The molecule has 1 aromatic carbocycles. The Labute approximate surface area is 108 Å². The van der Waals surface area contributed by atoms with Crippen LogP contribution in [0.1, 0.15) is 16.9 Å². The largest absolute Gasteiger partial charge is 0.350 e. The van der Waals surface area contributed by atoms with E-state index in [4.69, 9.17) is 5.73 Å². The maximum absolute atomic E-state index is 13.1. The minimum Gasteiger partial charge on any atom is -0.350 e. The molecule has 1 atom stereocenters. The minimum atomic E-state index is -0.934. The summed E-state index contributed by atoms with van der Waals surface area (Å²) in [5.74, 6) is -2.05. The van der Waals surface area contributed by atoms with Crippen molar-refractivity contribution in [2.75, 3.05) is 13.1 Å². The Morgan fingerprint density at radius 1 is 1.32 bits per heavy atom. The van der Waals surface area contributed by atoms with Crippen molar-refractivity contribution in [1.82, 2.24) is 9.88 Å². The van der Waals surface area contributed by atoms with Crippen LogP contribution in [-0.2, 0) is 0 Å². The van der Waals surface area contributed by atoms with Crippen molar-refractivity contribution in [1.29, 1.82) is 0 Å². The molecular formula is C13H13F2N3O. The molecule has 2 heterocycles. The van der Waals surface area contributed by atoms with Crippen LogP contribution in [0, 0.1) is 11.6 Å². The third-order valence-electron chi connectivity index (χ3n) is 3.40. The Bertz CT molecular complexity index is 614. The average molecular weight is 265 g/mol. The summed E-state index contributed by atoms with van der Waals surface area (Å²) in [7, 11) is 0. The number of aromatic nitrogens is 1. The van der Waals surface area contributed by atoms with Crippen molar-refractivity contribution in [3.8, 4) is 0 Å². The van der Waals surface area contributed by atoms with Gasteiger partial charge in [0, 0.05) is 36.1 Å². The monoisotopic (exact) mass is 265 g/mol. The summed E-state index contributed by atoms with van der Waals surface area (Å²) in [6.07, 6.45) is 0.773. The van der Waals surface area contributed by atoms with Crippen LogP contribution in [0.4, 0.5) is 8.78 Å². The third-order valence-corrected chi connectivity index (χ3v) is 3.40. The first-order valence-electron chi connectivity index (χ1n) is 6.07. The molecule has 6 heteroatoms. The molecule has 2 aromatic rings. The summed E-state index contributed by atoms with van der Waals surface area (Å²) < 4.78 is 26.2. The molecule has 1 fully saturated rings. The molecule has 0 unspecified atom stereocenters. The number of hydrogen-bond donors (Lipinski definition) is 2. The zero-order valence-corrected chi connectivity index (χ0v) is 10.1. The second kappa shape index (κ2) is 4.31. The molecule has 0 aliphatic carbocycles. The van der Waals surface area contributed by atoms with Gasteiger partial charge in [-0.15, -0.1) is 0 Å². The predicted molar refractivity (Wildman–Crippen MR) is 66.7 cm³/mol. The van der Waals surface area contributed by atoms with Crippen molar-refractivity contribution >= 4 is 16.8 Å². The zero-order chi connectivity index (χ0) is 13.6. The van der Waals surface area contributed by atoms with Crippen LogP contribution >= 0.6 is 0 Å². The maximum Gasteiger partial charge on any atom is 0.270 e. The molecule has 1 amide bonds. The molecule has 1 aromatic heterocycles. The molecule has 0 spiro atoms. The molecular weight excluding hydrogens is 252 g/mol. The number of carbonyl (C=O) groups is 1. The van der Waals surface area contributed by atoms with Gasteiger partial charge < -0.3 is 15.6 Å². The van der Waals surface area contributed by atoms with Gasteiger partial charge in [-0.3, -0.25) is 4.79 Å². The fourth-order valence-corrected chi connectivity index (χ4v) is 2.38. The van der Waals surface area contributed by atoms with Crippen LogP contribution in [-0.4, -0.2) is 34.9 Å². The van der Waals surface area contributed by atoms with Gasteiger partial charge in [-0.2, -0.15) is 0 Å². The van der Waals surface area contributed by atoms with E-state index in [0.29, 0.717) is 29.7 Å². The molecule has 1 saturated heterocycles. The van der Waals surface area contributed by atoms with Gasteiger partial charge in [0.2, 0.25) is 0 Å². The summed E-state index contributed by atoms with van der Waals surface area (Å²) in [4.78, 5) is 16.6. The SMILES string of the molecule is N[C@@H]1CCN(C(=O)c2cc3cc(F)c(F)cc3[nH]2)C1. The minimum absolute atomic E-state index is 0.00298. The number of halogens is 2. The maximum atomic E-state index is 13.1. The second-order valence-corrected chi connectivity index (χ2v) is 4.84. The van der Waals surface area contributed by atoms with Crippen LogP contribution in [0.25, 0.3) is 10.9 Å². The first kappa shape index (κ1) is 12.1. The molecule has 0 bridgehead atoms. The van der Waals surface area contributed by atoms with Crippen molar-refractivity contribution in [2.24, 2.45) is 5.73 Å². The highest BCUT2D eigenvalue weighted by atomic mass is 19.2. The fraction of sp³-hybridized carbons (Fsp3) is 0.308. The Balaban J connectivity index is 1.95. The molecule has 0 saturated carbocycles. The number of benzene rings is 1. The summed E-state index contributed by atoms with van der Waals surface area (Å²) >= 11 is 0. The Morgan fingerprint density at radius 3 is 2.74 bits per heavy atom. The van der Waals surface area contributed by atoms with E-state index in [9.17, 15) is 13.6 Å². The number of rotatable bonds is 1. The highest BCUT2D eigenvalue weighted by Crippen LogP contribution is 2.21. The van der Waals surface area contributed by atoms with Crippen molar-refractivity contribution < 1.29 is 13.6 Å². The van der Waals surface area contributed by atoms with Crippen LogP contribution in [0.15, 0.2) is 18.2 Å². The van der Waals surface area contributed by atoms with E-state index in [-0.39, 0.29) is 11.9 Å². The summed E-state index contributed by atoms with van der Waals surface area (Å²) in [6, 6.07) is 3.66. The van der Waals surface area contributed by atoms with E-state index in [1.807, 2.05) is 0 Å². The lowest BCUT2D eigenvalue weighted by Crippen LogP contribution is -2.32. The van der Waals surface area contributed by atoms with E-state index in [1.54, 1.807) is 4.90 Å². The Hall–Kier alpha value is -1.95. The number of hydrogen-bond acceptors (Lipinski definition) is 2. The summed E-state index contributed by atoms with van der Waals surface area (Å²) in [5, 5.41) is 0.478. The number of likely N-dealkylation sites (tertiary alicyclic amines) is 1. The lowest BCUT2D eigenvalue weighted by molar-refractivity contribution is 0.0786. The molecule has 3 rings (SSSR count). The predicted octanol–water partition coefficient (Wildman–Crippen LogP) is 1.62. The van der Waals surface area contributed by atoms with Crippen LogP contribution in [0.5, 0.6) is 0 Å². The molecule has 3 N–H and O–H groups in total. The van der Waals surface area contributed by atoms with Gasteiger partial charge >= 0.3 is 0 Å². The first-order valence-corrected chi connectivity index (χ1v) is 6.07. The van der Waals surface area contributed by atoms with Gasteiger partial charge in [-0.05, 0) is 18.6 Å².